The fourth-order valence-corrected chi connectivity index (χ4v) is 2.50. The van der Waals surface area contributed by atoms with Crippen molar-refractivity contribution in [2.75, 3.05) is 0 Å². The van der Waals surface area contributed by atoms with Crippen LogP contribution in [0.3, 0.4) is 0 Å². The second-order valence-electron chi connectivity index (χ2n) is 5.33. The van der Waals surface area contributed by atoms with Crippen molar-refractivity contribution in [3.8, 4) is 5.75 Å². The van der Waals surface area contributed by atoms with Gasteiger partial charge in [0.2, 0.25) is 0 Å². The Morgan fingerprint density at radius 2 is 1.77 bits per heavy atom. The molecule has 0 aliphatic heterocycles. The lowest BCUT2D eigenvalue weighted by Gasteiger charge is -2.05. The predicted molar refractivity (Wildman–Crippen MR) is 90.3 cm³/mol. The molecule has 0 spiro atoms. The van der Waals surface area contributed by atoms with Crippen LogP contribution < -0.4 is 0 Å². The molecule has 3 rings (SSSR count). The van der Waals surface area contributed by atoms with E-state index in [4.69, 9.17) is 0 Å². The molecule has 3 heteroatoms. The molecule has 0 atom stereocenters. The summed E-state index contributed by atoms with van der Waals surface area (Å²) in [7, 11) is 0. The summed E-state index contributed by atoms with van der Waals surface area (Å²) in [6.45, 7) is 4.15. The molecule has 0 aliphatic rings. The lowest BCUT2D eigenvalue weighted by molar-refractivity contribution is 0.477. The summed E-state index contributed by atoms with van der Waals surface area (Å²) in [6, 6.07) is 17.5. The van der Waals surface area contributed by atoms with E-state index in [0.29, 0.717) is 5.69 Å². The van der Waals surface area contributed by atoms with Crippen LogP contribution in [0.1, 0.15) is 18.1 Å². The normalized spacial score (nSPS) is 11.4. The fourth-order valence-electron chi connectivity index (χ4n) is 2.50. The van der Waals surface area contributed by atoms with E-state index in [0.717, 1.165) is 28.4 Å². The van der Waals surface area contributed by atoms with E-state index in [2.05, 4.69) is 29.3 Å². The van der Waals surface area contributed by atoms with Gasteiger partial charge in [-0.3, -0.25) is 0 Å². The topological polar surface area (TPSA) is 45.0 Å². The summed E-state index contributed by atoms with van der Waals surface area (Å²) in [4.78, 5) is 0. The molecule has 0 unspecified atom stereocenters. The number of nitrogens with zero attached hydrogens (tertiary/aromatic N) is 2. The lowest BCUT2D eigenvalue weighted by Crippen LogP contribution is -1.81. The van der Waals surface area contributed by atoms with Gasteiger partial charge >= 0.3 is 0 Å². The first-order valence-corrected chi connectivity index (χ1v) is 7.41. The fraction of sp³-hybridized carbons (Fsp3) is 0.158. The maximum atomic E-state index is 10.1. The lowest BCUT2D eigenvalue weighted by atomic mass is 10.1. The average molecular weight is 290 g/mol. The molecule has 0 saturated heterocycles. The highest BCUT2D eigenvalue weighted by molar-refractivity contribution is 5.95. The Morgan fingerprint density at radius 3 is 2.55 bits per heavy atom. The number of fused-ring (bicyclic) bond motifs is 1. The molecular formula is C19H18N2O. The Bertz CT molecular complexity index is 853. The number of azo groups is 1. The quantitative estimate of drug-likeness (QED) is 0.606. The smallest absolute Gasteiger partial charge is 0.143 e. The monoisotopic (exact) mass is 290 g/mol. The van der Waals surface area contributed by atoms with Gasteiger partial charge in [0.15, 0.2) is 0 Å². The predicted octanol–water partition coefficient (Wildman–Crippen LogP) is 5.83. The Labute approximate surface area is 130 Å². The summed E-state index contributed by atoms with van der Waals surface area (Å²) in [5.41, 5.74) is 3.70. The number of aryl methyl sites for hydroxylation is 2. The van der Waals surface area contributed by atoms with Gasteiger partial charge < -0.3 is 5.11 Å². The number of phenols is 1. The Kier molecular flexibility index (Phi) is 3.88. The molecule has 110 valence electrons. The highest BCUT2D eigenvalue weighted by atomic mass is 16.3. The van der Waals surface area contributed by atoms with Crippen molar-refractivity contribution in [3.63, 3.8) is 0 Å². The van der Waals surface area contributed by atoms with Crippen molar-refractivity contribution in [2.24, 2.45) is 10.2 Å². The highest BCUT2D eigenvalue weighted by Crippen LogP contribution is 2.36. The van der Waals surface area contributed by atoms with Gasteiger partial charge in [-0.1, -0.05) is 49.4 Å². The summed E-state index contributed by atoms with van der Waals surface area (Å²) in [5, 5.41) is 20.6. The van der Waals surface area contributed by atoms with Crippen LogP contribution in [-0.2, 0) is 6.42 Å². The van der Waals surface area contributed by atoms with Crippen molar-refractivity contribution in [1.29, 1.82) is 0 Å². The number of benzene rings is 3. The number of phenolic OH excluding ortho intramolecular Hbond substituents is 1. The van der Waals surface area contributed by atoms with Gasteiger partial charge in [0.1, 0.15) is 11.4 Å². The van der Waals surface area contributed by atoms with Crippen LogP contribution in [0.15, 0.2) is 64.8 Å². The molecule has 3 nitrogen and oxygen atoms in total. The maximum absolute atomic E-state index is 10.1. The molecule has 0 heterocycles. The molecule has 1 N–H and O–H groups in total. The Hall–Kier alpha value is -2.68. The van der Waals surface area contributed by atoms with E-state index in [1.54, 1.807) is 6.07 Å². The standard InChI is InChI=1S/C19H18N2O/c1-3-14-8-10-17(13(2)12-14)20-21-19-16-7-5-4-6-15(16)9-11-18(19)22/h4-12,22H,3H2,1-2H3/b21-20+. The molecule has 0 fully saturated rings. The minimum Gasteiger partial charge on any atom is -0.506 e. The molecule has 0 aliphatic carbocycles. The average Bonchev–Trinajstić information content (AvgIpc) is 2.55. The van der Waals surface area contributed by atoms with Crippen LogP contribution in [0, 0.1) is 6.92 Å². The molecule has 0 bridgehead atoms. The zero-order chi connectivity index (χ0) is 15.5. The van der Waals surface area contributed by atoms with Crippen molar-refractivity contribution >= 4 is 22.1 Å². The molecule has 0 amide bonds. The molecule has 0 radical (unpaired) electrons. The Balaban J connectivity index is 2.04. The molecule has 3 aromatic carbocycles. The van der Waals surface area contributed by atoms with Gasteiger partial charge in [0.25, 0.3) is 0 Å². The van der Waals surface area contributed by atoms with E-state index < -0.39 is 0 Å². The largest absolute Gasteiger partial charge is 0.506 e. The van der Waals surface area contributed by atoms with Gasteiger partial charge in [-0.15, -0.1) is 5.11 Å². The van der Waals surface area contributed by atoms with Crippen LogP contribution in [0.5, 0.6) is 5.75 Å². The molecular weight excluding hydrogens is 272 g/mol. The summed E-state index contributed by atoms with van der Waals surface area (Å²) < 4.78 is 0. The van der Waals surface area contributed by atoms with Crippen molar-refractivity contribution < 1.29 is 5.11 Å². The first-order valence-electron chi connectivity index (χ1n) is 7.41. The van der Waals surface area contributed by atoms with Gasteiger partial charge in [-0.25, -0.2) is 0 Å². The molecule has 0 saturated carbocycles. The molecule has 22 heavy (non-hydrogen) atoms. The minimum absolute atomic E-state index is 0.144. The van der Waals surface area contributed by atoms with E-state index in [1.807, 2.05) is 43.3 Å². The van der Waals surface area contributed by atoms with Gasteiger partial charge in [-0.2, -0.15) is 5.11 Å². The third-order valence-corrected chi connectivity index (χ3v) is 3.81. The number of hydrogen-bond acceptors (Lipinski definition) is 3. The first-order chi connectivity index (χ1) is 10.7. The third kappa shape index (κ3) is 2.70. The second kappa shape index (κ2) is 5.98. The van der Waals surface area contributed by atoms with Gasteiger partial charge in [0.05, 0.1) is 5.69 Å². The van der Waals surface area contributed by atoms with E-state index in [-0.39, 0.29) is 5.75 Å². The van der Waals surface area contributed by atoms with Crippen LogP contribution in [0.25, 0.3) is 10.8 Å². The number of aromatic hydroxyl groups is 1. The van der Waals surface area contributed by atoms with Crippen LogP contribution >= 0.6 is 0 Å². The van der Waals surface area contributed by atoms with Crippen molar-refractivity contribution in [1.82, 2.24) is 0 Å². The number of rotatable bonds is 3. The number of hydrogen-bond donors (Lipinski definition) is 1. The van der Waals surface area contributed by atoms with Crippen molar-refractivity contribution in [3.05, 3.63) is 65.7 Å². The maximum Gasteiger partial charge on any atom is 0.143 e. The zero-order valence-electron chi connectivity index (χ0n) is 12.7. The third-order valence-electron chi connectivity index (χ3n) is 3.81. The molecule has 3 aromatic rings. The summed E-state index contributed by atoms with van der Waals surface area (Å²) in [6.07, 6.45) is 1.00. The highest BCUT2D eigenvalue weighted by Gasteiger charge is 2.06. The SMILES string of the molecule is CCc1ccc(/N=N/c2c(O)ccc3ccccc23)c(C)c1. The zero-order valence-corrected chi connectivity index (χ0v) is 12.7. The van der Waals surface area contributed by atoms with E-state index in [1.165, 1.54) is 5.56 Å². The second-order valence-corrected chi connectivity index (χ2v) is 5.33. The van der Waals surface area contributed by atoms with Crippen LogP contribution in [0.4, 0.5) is 11.4 Å². The van der Waals surface area contributed by atoms with Crippen molar-refractivity contribution in [2.45, 2.75) is 20.3 Å². The van der Waals surface area contributed by atoms with E-state index >= 15 is 0 Å². The first kappa shape index (κ1) is 14.3. The van der Waals surface area contributed by atoms with E-state index in [9.17, 15) is 5.11 Å². The van der Waals surface area contributed by atoms with Crippen LogP contribution in [-0.4, -0.2) is 5.11 Å². The molecule has 0 aromatic heterocycles. The minimum atomic E-state index is 0.144. The van der Waals surface area contributed by atoms with Crippen LogP contribution in [0.2, 0.25) is 0 Å². The summed E-state index contributed by atoms with van der Waals surface area (Å²) >= 11 is 0. The van der Waals surface area contributed by atoms with Gasteiger partial charge in [-0.05, 0) is 42.0 Å². The van der Waals surface area contributed by atoms with Gasteiger partial charge in [0, 0.05) is 5.39 Å². The Morgan fingerprint density at radius 1 is 0.955 bits per heavy atom. The summed E-state index contributed by atoms with van der Waals surface area (Å²) in [5.74, 6) is 0.144.